The molecule has 0 saturated heterocycles. The average Bonchev–Trinajstić information content (AvgIpc) is 2.14. The van der Waals surface area contributed by atoms with Gasteiger partial charge in [0.05, 0.1) is 13.1 Å². The standard InChI is InChI=1S/C9H14NO6/c1-7(11)15-5-3-10(9(13)14)4-6-16-8(2)12/h3-6H2,1-2H3. The number of ether oxygens (including phenoxy) is 2. The van der Waals surface area contributed by atoms with E-state index < -0.39 is 18.0 Å². The van der Waals surface area contributed by atoms with Gasteiger partial charge in [-0.1, -0.05) is 0 Å². The van der Waals surface area contributed by atoms with E-state index in [1.165, 1.54) is 13.8 Å². The molecule has 0 aromatic carbocycles. The quantitative estimate of drug-likeness (QED) is 0.599. The Morgan fingerprint density at radius 1 is 0.938 bits per heavy atom. The number of carbonyl (C=O) groups is 3. The molecule has 0 aliphatic heterocycles. The summed E-state index contributed by atoms with van der Waals surface area (Å²) in [5, 5.41) is 10.6. The van der Waals surface area contributed by atoms with Crippen LogP contribution in [0.3, 0.4) is 0 Å². The second-order valence-electron chi connectivity index (χ2n) is 2.93. The van der Waals surface area contributed by atoms with Crippen molar-refractivity contribution < 1.29 is 29.0 Å². The van der Waals surface area contributed by atoms with Gasteiger partial charge >= 0.3 is 18.0 Å². The second-order valence-corrected chi connectivity index (χ2v) is 2.93. The van der Waals surface area contributed by atoms with Crippen LogP contribution in [0.1, 0.15) is 13.8 Å². The summed E-state index contributed by atoms with van der Waals surface area (Å²) in [7, 11) is 0. The molecule has 0 atom stereocenters. The molecule has 0 spiro atoms. The summed E-state index contributed by atoms with van der Waals surface area (Å²) >= 11 is 0. The molecule has 7 heteroatoms. The lowest BCUT2D eigenvalue weighted by Gasteiger charge is -2.17. The topological polar surface area (TPSA) is 92.8 Å². The number of esters is 2. The van der Waals surface area contributed by atoms with Crippen LogP contribution in [0.4, 0.5) is 4.79 Å². The fraction of sp³-hybridized carbons (Fsp3) is 0.667. The van der Waals surface area contributed by atoms with E-state index in [4.69, 9.17) is 0 Å². The molecule has 0 aliphatic carbocycles. The fourth-order valence-corrected chi connectivity index (χ4v) is 0.894. The summed E-state index contributed by atoms with van der Waals surface area (Å²) in [5.41, 5.74) is 0. The van der Waals surface area contributed by atoms with Crippen molar-refractivity contribution in [1.29, 1.82) is 0 Å². The first-order valence-corrected chi connectivity index (χ1v) is 4.66. The van der Waals surface area contributed by atoms with Crippen LogP contribution in [0.25, 0.3) is 0 Å². The molecule has 0 aromatic heterocycles. The summed E-state index contributed by atoms with van der Waals surface area (Å²) < 4.78 is 9.14. The highest BCUT2D eigenvalue weighted by molar-refractivity contribution is 5.67. The van der Waals surface area contributed by atoms with Crippen LogP contribution in [-0.2, 0) is 24.2 Å². The monoisotopic (exact) mass is 232 g/mol. The van der Waals surface area contributed by atoms with Gasteiger partial charge in [-0.25, -0.2) is 9.90 Å². The van der Waals surface area contributed by atoms with Crippen molar-refractivity contribution in [2.75, 3.05) is 26.3 Å². The minimum atomic E-state index is -1.40. The van der Waals surface area contributed by atoms with Gasteiger partial charge in [-0.05, 0) is 0 Å². The minimum Gasteiger partial charge on any atom is -0.464 e. The zero-order valence-electron chi connectivity index (χ0n) is 9.23. The van der Waals surface area contributed by atoms with Crippen LogP contribution in [0, 0.1) is 0 Å². The Kier molecular flexibility index (Phi) is 6.66. The molecule has 0 aromatic rings. The van der Waals surface area contributed by atoms with Gasteiger partial charge in [-0.15, -0.1) is 0 Å². The summed E-state index contributed by atoms with van der Waals surface area (Å²) in [5.74, 6) is -0.975. The Morgan fingerprint density at radius 3 is 1.56 bits per heavy atom. The Bertz CT molecular complexity index is 245. The molecule has 0 bridgehead atoms. The van der Waals surface area contributed by atoms with Crippen LogP contribution in [-0.4, -0.2) is 49.2 Å². The van der Waals surface area contributed by atoms with E-state index >= 15 is 0 Å². The first kappa shape index (κ1) is 14.2. The Morgan fingerprint density at radius 2 is 1.31 bits per heavy atom. The number of nitrogens with zero attached hydrogens (tertiary/aromatic N) is 1. The van der Waals surface area contributed by atoms with Crippen LogP contribution < -0.4 is 0 Å². The maximum atomic E-state index is 10.6. The molecule has 0 saturated carbocycles. The van der Waals surface area contributed by atoms with Crippen molar-refractivity contribution in [1.82, 2.24) is 4.90 Å². The van der Waals surface area contributed by atoms with Gasteiger partial charge in [-0.3, -0.25) is 14.5 Å². The van der Waals surface area contributed by atoms with Crippen molar-refractivity contribution in [2.24, 2.45) is 0 Å². The highest BCUT2D eigenvalue weighted by atomic mass is 16.5. The lowest BCUT2D eigenvalue weighted by molar-refractivity contribution is -0.141. The van der Waals surface area contributed by atoms with Crippen LogP contribution in [0.2, 0.25) is 0 Å². The van der Waals surface area contributed by atoms with Gasteiger partial charge in [0.15, 0.2) is 0 Å². The first-order chi connectivity index (χ1) is 7.43. The zero-order valence-corrected chi connectivity index (χ0v) is 9.23. The SMILES string of the molecule is CC(=O)OCCN(CCOC(C)=O)C([O])=O. The van der Waals surface area contributed by atoms with Crippen molar-refractivity contribution in [3.05, 3.63) is 0 Å². The van der Waals surface area contributed by atoms with E-state index in [0.717, 1.165) is 4.90 Å². The number of amides is 1. The molecule has 1 amide bonds. The van der Waals surface area contributed by atoms with Crippen molar-refractivity contribution in [2.45, 2.75) is 13.8 Å². The Hall–Kier alpha value is -1.79. The Balaban J connectivity index is 3.84. The van der Waals surface area contributed by atoms with Gasteiger partial charge in [-0.2, -0.15) is 0 Å². The first-order valence-electron chi connectivity index (χ1n) is 4.66. The smallest absolute Gasteiger partial charge is 0.453 e. The van der Waals surface area contributed by atoms with Gasteiger partial charge in [0.1, 0.15) is 13.2 Å². The third kappa shape index (κ3) is 7.60. The van der Waals surface area contributed by atoms with Crippen molar-refractivity contribution >= 4 is 18.0 Å². The largest absolute Gasteiger partial charge is 0.464 e. The molecule has 1 radical (unpaired) electrons. The highest BCUT2D eigenvalue weighted by Gasteiger charge is 2.13. The summed E-state index contributed by atoms with van der Waals surface area (Å²) in [4.78, 5) is 32.3. The van der Waals surface area contributed by atoms with Gasteiger partial charge in [0, 0.05) is 13.8 Å². The lowest BCUT2D eigenvalue weighted by atomic mass is 10.5. The molecule has 0 fully saturated rings. The summed E-state index contributed by atoms with van der Waals surface area (Å²) in [6.07, 6.45) is -1.40. The number of rotatable bonds is 6. The molecule has 0 N–H and O–H groups in total. The molecule has 0 aliphatic rings. The highest BCUT2D eigenvalue weighted by Crippen LogP contribution is 1.92. The fourth-order valence-electron chi connectivity index (χ4n) is 0.894. The molecule has 7 nitrogen and oxygen atoms in total. The van der Waals surface area contributed by atoms with Crippen LogP contribution in [0.15, 0.2) is 0 Å². The third-order valence-corrected chi connectivity index (χ3v) is 1.59. The van der Waals surface area contributed by atoms with E-state index in [1.54, 1.807) is 0 Å². The van der Waals surface area contributed by atoms with E-state index in [-0.39, 0.29) is 26.3 Å². The normalized spacial score (nSPS) is 9.38. The predicted molar refractivity (Wildman–Crippen MR) is 50.9 cm³/mol. The second kappa shape index (κ2) is 7.49. The van der Waals surface area contributed by atoms with E-state index in [9.17, 15) is 19.5 Å². The maximum absolute atomic E-state index is 10.6. The molecular weight excluding hydrogens is 218 g/mol. The van der Waals surface area contributed by atoms with Crippen LogP contribution in [0.5, 0.6) is 0 Å². The summed E-state index contributed by atoms with van der Waals surface area (Å²) in [6, 6.07) is 0. The maximum Gasteiger partial charge on any atom is 0.453 e. The number of hydrogen-bond acceptors (Lipinski definition) is 5. The molecule has 0 heterocycles. The van der Waals surface area contributed by atoms with Gasteiger partial charge < -0.3 is 9.47 Å². The van der Waals surface area contributed by atoms with Gasteiger partial charge in [0.2, 0.25) is 0 Å². The van der Waals surface area contributed by atoms with Gasteiger partial charge in [0.25, 0.3) is 0 Å². The van der Waals surface area contributed by atoms with E-state index in [2.05, 4.69) is 9.47 Å². The van der Waals surface area contributed by atoms with E-state index in [0.29, 0.717) is 0 Å². The van der Waals surface area contributed by atoms with Crippen LogP contribution >= 0.6 is 0 Å². The molecular formula is C9H14NO6. The minimum absolute atomic E-state index is 0.0107. The zero-order chi connectivity index (χ0) is 12.6. The third-order valence-electron chi connectivity index (χ3n) is 1.59. The molecule has 0 rings (SSSR count). The average molecular weight is 232 g/mol. The predicted octanol–water partition coefficient (Wildman–Crippen LogP) is -0.0349. The Labute approximate surface area is 92.9 Å². The molecule has 16 heavy (non-hydrogen) atoms. The summed E-state index contributed by atoms with van der Waals surface area (Å²) in [6.45, 7) is 2.32. The number of hydrogen-bond donors (Lipinski definition) is 0. The van der Waals surface area contributed by atoms with Crippen molar-refractivity contribution in [3.8, 4) is 0 Å². The lowest BCUT2D eigenvalue weighted by Crippen LogP contribution is -2.35. The molecule has 91 valence electrons. The molecule has 0 unspecified atom stereocenters. The van der Waals surface area contributed by atoms with E-state index in [1.807, 2.05) is 0 Å². The van der Waals surface area contributed by atoms with Crippen molar-refractivity contribution in [3.63, 3.8) is 0 Å². The number of carbonyl (C=O) groups excluding carboxylic acids is 3.